The maximum absolute atomic E-state index is 12.3. The third-order valence-electron chi connectivity index (χ3n) is 1.18. The van der Waals surface area contributed by atoms with Crippen LogP contribution in [-0.4, -0.2) is 0 Å². The van der Waals surface area contributed by atoms with Crippen molar-refractivity contribution in [3.63, 3.8) is 0 Å². The van der Waals surface area contributed by atoms with E-state index in [4.69, 9.17) is 0 Å². The molecule has 0 N–H and O–H groups in total. The van der Waals surface area contributed by atoms with Crippen LogP contribution >= 0.6 is 0 Å². The van der Waals surface area contributed by atoms with Crippen molar-refractivity contribution in [2.24, 2.45) is 0 Å². The van der Waals surface area contributed by atoms with Gasteiger partial charge in [0, 0.05) is 0 Å². The van der Waals surface area contributed by atoms with Crippen molar-refractivity contribution in [2.45, 2.75) is 0 Å². The first-order chi connectivity index (χ1) is 5.04. The Labute approximate surface area is 60.5 Å². The van der Waals surface area contributed by atoms with Crippen LogP contribution in [0.2, 0.25) is 0 Å². The van der Waals surface area contributed by atoms with Gasteiger partial charge in [0.25, 0.3) is 0 Å². The summed E-state index contributed by atoms with van der Waals surface area (Å²) < 4.78 is 48.9. The molecule has 1 radical (unpaired) electrons. The number of halogens is 4. The monoisotopic (exact) mass is 163 g/mol. The third kappa shape index (κ3) is 1.20. The first-order valence-corrected chi connectivity index (χ1v) is 2.69. The Morgan fingerprint density at radius 1 is 0.909 bits per heavy atom. The van der Waals surface area contributed by atoms with Gasteiger partial charge in [0.05, 0.1) is 0 Å². The summed E-state index contributed by atoms with van der Waals surface area (Å²) in [5.74, 6) is -6.53. The lowest BCUT2D eigenvalue weighted by Gasteiger charge is -1.99. The fourth-order valence-electron chi connectivity index (χ4n) is 0.622. The molecule has 0 unspecified atom stereocenters. The van der Waals surface area contributed by atoms with Gasteiger partial charge < -0.3 is 0 Å². The van der Waals surface area contributed by atoms with E-state index >= 15 is 0 Å². The molecule has 0 saturated carbocycles. The fraction of sp³-hybridized carbons (Fsp3) is 0. The van der Waals surface area contributed by atoms with Crippen LogP contribution in [0, 0.1) is 30.2 Å². The molecule has 0 fully saturated rings. The second kappa shape index (κ2) is 2.53. The molecular weight excluding hydrogens is 160 g/mol. The SMILES string of the molecule is [CH2]c1cc(F)c(F)c(F)c1F. The Kier molecular flexibility index (Phi) is 1.85. The molecule has 1 rings (SSSR count). The molecule has 0 amide bonds. The van der Waals surface area contributed by atoms with E-state index in [-0.39, 0.29) is 0 Å². The minimum absolute atomic E-state index is 0.494. The lowest BCUT2D eigenvalue weighted by Crippen LogP contribution is -1.97. The topological polar surface area (TPSA) is 0 Å². The number of hydrogen-bond acceptors (Lipinski definition) is 0. The highest BCUT2D eigenvalue weighted by molar-refractivity contribution is 5.23. The van der Waals surface area contributed by atoms with E-state index in [1.807, 2.05) is 0 Å². The minimum atomic E-state index is -1.82. The zero-order valence-electron chi connectivity index (χ0n) is 5.30. The second-order valence-electron chi connectivity index (χ2n) is 1.96. The molecule has 4 heteroatoms. The van der Waals surface area contributed by atoms with E-state index in [9.17, 15) is 17.6 Å². The summed E-state index contributed by atoms with van der Waals surface area (Å²) in [6.07, 6.45) is 0. The summed E-state index contributed by atoms with van der Waals surface area (Å²) in [5.41, 5.74) is -0.499. The normalized spacial score (nSPS) is 10.3. The van der Waals surface area contributed by atoms with Crippen LogP contribution in [0.15, 0.2) is 6.07 Å². The molecule has 11 heavy (non-hydrogen) atoms. The summed E-state index contributed by atoms with van der Waals surface area (Å²) in [4.78, 5) is 0. The standard InChI is InChI=1S/C7H3F4/c1-3-2-4(8)6(10)7(11)5(3)9/h2H,1H2. The molecule has 0 aliphatic carbocycles. The Bertz CT molecular complexity index is 267. The predicted octanol–water partition coefficient (Wildman–Crippen LogP) is 2.43. The molecule has 0 bridgehead atoms. The van der Waals surface area contributed by atoms with Crippen molar-refractivity contribution in [2.75, 3.05) is 0 Å². The van der Waals surface area contributed by atoms with Crippen LogP contribution in [-0.2, 0) is 0 Å². The maximum Gasteiger partial charge on any atom is 0.197 e. The van der Waals surface area contributed by atoms with Crippen molar-refractivity contribution in [3.8, 4) is 0 Å². The highest BCUT2D eigenvalue weighted by Gasteiger charge is 2.15. The molecule has 1 aromatic carbocycles. The fourth-order valence-corrected chi connectivity index (χ4v) is 0.622. The van der Waals surface area contributed by atoms with Crippen LogP contribution in [0.1, 0.15) is 5.56 Å². The number of benzene rings is 1. The zero-order chi connectivity index (χ0) is 8.59. The van der Waals surface area contributed by atoms with Gasteiger partial charge in [-0.1, -0.05) is 0 Å². The first kappa shape index (κ1) is 8.04. The van der Waals surface area contributed by atoms with E-state index in [1.165, 1.54) is 0 Å². The van der Waals surface area contributed by atoms with E-state index < -0.39 is 28.8 Å². The largest absolute Gasteiger partial charge is 0.204 e. The summed E-state index contributed by atoms with van der Waals surface area (Å²) in [7, 11) is 0. The van der Waals surface area contributed by atoms with E-state index in [0.29, 0.717) is 6.07 Å². The Morgan fingerprint density at radius 2 is 1.45 bits per heavy atom. The average molecular weight is 163 g/mol. The first-order valence-electron chi connectivity index (χ1n) is 2.69. The summed E-state index contributed by atoms with van der Waals surface area (Å²) >= 11 is 0. The van der Waals surface area contributed by atoms with Crippen molar-refractivity contribution in [1.29, 1.82) is 0 Å². The average Bonchev–Trinajstić information content (AvgIpc) is 1.97. The third-order valence-corrected chi connectivity index (χ3v) is 1.18. The Balaban J connectivity index is 3.46. The lowest BCUT2D eigenvalue weighted by atomic mass is 10.2. The zero-order valence-corrected chi connectivity index (χ0v) is 5.30. The van der Waals surface area contributed by atoms with Gasteiger partial charge in [0.2, 0.25) is 0 Å². The van der Waals surface area contributed by atoms with Gasteiger partial charge in [0.1, 0.15) is 0 Å². The minimum Gasteiger partial charge on any atom is -0.204 e. The molecule has 59 valence electrons. The molecule has 0 aliphatic heterocycles. The van der Waals surface area contributed by atoms with Crippen LogP contribution in [0.25, 0.3) is 0 Å². The van der Waals surface area contributed by atoms with Gasteiger partial charge in [-0.2, -0.15) is 0 Å². The van der Waals surface area contributed by atoms with Crippen molar-refractivity contribution < 1.29 is 17.6 Å². The molecule has 0 saturated heterocycles. The molecule has 0 nitrogen and oxygen atoms in total. The smallest absolute Gasteiger partial charge is 0.197 e. The molecule has 0 spiro atoms. The van der Waals surface area contributed by atoms with Crippen LogP contribution in [0.5, 0.6) is 0 Å². The van der Waals surface area contributed by atoms with E-state index in [2.05, 4.69) is 6.92 Å². The van der Waals surface area contributed by atoms with Gasteiger partial charge in [-0.05, 0) is 18.6 Å². The summed E-state index contributed by atoms with van der Waals surface area (Å²) in [6.45, 7) is 2.96. The molecule has 0 heterocycles. The van der Waals surface area contributed by atoms with Gasteiger partial charge in [-0.3, -0.25) is 0 Å². The second-order valence-corrected chi connectivity index (χ2v) is 1.96. The van der Waals surface area contributed by atoms with Crippen molar-refractivity contribution in [1.82, 2.24) is 0 Å². The van der Waals surface area contributed by atoms with Crippen LogP contribution in [0.4, 0.5) is 17.6 Å². The molecule has 0 atom stereocenters. The van der Waals surface area contributed by atoms with Crippen molar-refractivity contribution in [3.05, 3.63) is 41.8 Å². The highest BCUT2D eigenvalue weighted by Crippen LogP contribution is 2.17. The quantitative estimate of drug-likeness (QED) is 0.313. The Hall–Kier alpha value is -1.06. The highest BCUT2D eigenvalue weighted by atomic mass is 19.2. The van der Waals surface area contributed by atoms with E-state index in [0.717, 1.165) is 0 Å². The predicted molar refractivity (Wildman–Crippen MR) is 30.7 cm³/mol. The molecular formula is C7H3F4. The summed E-state index contributed by atoms with van der Waals surface area (Å²) in [6, 6.07) is 0.494. The van der Waals surface area contributed by atoms with Gasteiger partial charge in [-0.25, -0.2) is 17.6 Å². The molecule has 1 aromatic rings. The lowest BCUT2D eigenvalue weighted by molar-refractivity contribution is 0.407. The van der Waals surface area contributed by atoms with Gasteiger partial charge >= 0.3 is 0 Å². The number of rotatable bonds is 0. The van der Waals surface area contributed by atoms with Crippen LogP contribution < -0.4 is 0 Å². The van der Waals surface area contributed by atoms with Crippen LogP contribution in [0.3, 0.4) is 0 Å². The maximum atomic E-state index is 12.3. The van der Waals surface area contributed by atoms with Gasteiger partial charge in [0.15, 0.2) is 23.3 Å². The summed E-state index contributed by atoms with van der Waals surface area (Å²) in [5, 5.41) is 0. The van der Waals surface area contributed by atoms with Gasteiger partial charge in [-0.15, -0.1) is 0 Å². The van der Waals surface area contributed by atoms with Crippen molar-refractivity contribution >= 4 is 0 Å². The van der Waals surface area contributed by atoms with E-state index in [1.54, 1.807) is 0 Å². The molecule has 0 aromatic heterocycles. The number of hydrogen-bond donors (Lipinski definition) is 0. The Morgan fingerprint density at radius 3 is 2.00 bits per heavy atom. The molecule has 0 aliphatic rings.